The molecular formula is C10H20N2O2. The summed E-state index contributed by atoms with van der Waals surface area (Å²) in [7, 11) is 1.52. The summed E-state index contributed by atoms with van der Waals surface area (Å²) in [6.45, 7) is 0.128. The summed E-state index contributed by atoms with van der Waals surface area (Å²) < 4.78 is 4.76. The van der Waals surface area contributed by atoms with Crippen LogP contribution in [0.1, 0.15) is 32.1 Å². The quantitative estimate of drug-likeness (QED) is 0.648. The van der Waals surface area contributed by atoms with Crippen LogP contribution in [-0.4, -0.2) is 31.7 Å². The Kier molecular flexibility index (Phi) is 4.90. The van der Waals surface area contributed by atoms with Crippen LogP contribution in [0.25, 0.3) is 0 Å². The van der Waals surface area contributed by atoms with Gasteiger partial charge in [0.1, 0.15) is 6.61 Å². The van der Waals surface area contributed by atoms with Crippen LogP contribution in [0.2, 0.25) is 0 Å². The number of carbonyl (C=O) groups excluding carboxylic acids is 1. The number of hydrogen-bond donors (Lipinski definition) is 2. The first-order valence-corrected chi connectivity index (χ1v) is 5.28. The Labute approximate surface area is 85.2 Å². The SMILES string of the molecule is COCC(=O)NC1CCCCCC1N. The average molecular weight is 200 g/mol. The fourth-order valence-electron chi connectivity index (χ4n) is 1.90. The molecule has 0 aromatic rings. The van der Waals surface area contributed by atoms with Crippen molar-refractivity contribution in [1.82, 2.24) is 5.32 Å². The molecule has 0 radical (unpaired) electrons. The van der Waals surface area contributed by atoms with Crippen molar-refractivity contribution in [2.24, 2.45) is 5.73 Å². The number of nitrogens with one attached hydrogen (secondary N) is 1. The smallest absolute Gasteiger partial charge is 0.246 e. The maximum absolute atomic E-state index is 11.3. The Morgan fingerprint density at radius 3 is 2.86 bits per heavy atom. The van der Waals surface area contributed by atoms with Gasteiger partial charge in [0, 0.05) is 19.2 Å². The van der Waals surface area contributed by atoms with Crippen molar-refractivity contribution in [2.45, 2.75) is 44.2 Å². The zero-order valence-corrected chi connectivity index (χ0v) is 8.79. The van der Waals surface area contributed by atoms with Crippen molar-refractivity contribution >= 4 is 5.91 Å². The Balaban J connectivity index is 2.36. The van der Waals surface area contributed by atoms with Gasteiger partial charge >= 0.3 is 0 Å². The van der Waals surface area contributed by atoms with Gasteiger partial charge in [0.25, 0.3) is 0 Å². The molecule has 1 saturated carbocycles. The minimum absolute atomic E-state index is 0.0603. The fourth-order valence-corrected chi connectivity index (χ4v) is 1.90. The summed E-state index contributed by atoms with van der Waals surface area (Å²) >= 11 is 0. The maximum Gasteiger partial charge on any atom is 0.246 e. The first-order valence-electron chi connectivity index (χ1n) is 5.28. The molecule has 2 unspecified atom stereocenters. The lowest BCUT2D eigenvalue weighted by Gasteiger charge is -2.22. The van der Waals surface area contributed by atoms with Gasteiger partial charge in [-0.15, -0.1) is 0 Å². The third-order valence-corrected chi connectivity index (χ3v) is 2.69. The van der Waals surface area contributed by atoms with Crippen LogP contribution in [0.5, 0.6) is 0 Å². The Bertz CT molecular complexity index is 185. The van der Waals surface area contributed by atoms with Gasteiger partial charge in [-0.05, 0) is 12.8 Å². The molecule has 0 bridgehead atoms. The fraction of sp³-hybridized carbons (Fsp3) is 0.900. The lowest BCUT2D eigenvalue weighted by molar-refractivity contribution is -0.125. The van der Waals surface area contributed by atoms with Crippen LogP contribution in [0.15, 0.2) is 0 Å². The number of methoxy groups -OCH3 is 1. The average Bonchev–Trinajstić information content (AvgIpc) is 2.33. The summed E-state index contributed by atoms with van der Waals surface area (Å²) in [6.07, 6.45) is 5.57. The number of ether oxygens (including phenoxy) is 1. The summed E-state index contributed by atoms with van der Waals surface area (Å²) in [5, 5.41) is 2.92. The molecule has 4 heteroatoms. The van der Waals surface area contributed by atoms with Crippen LogP contribution >= 0.6 is 0 Å². The van der Waals surface area contributed by atoms with Crippen LogP contribution in [0, 0.1) is 0 Å². The zero-order valence-electron chi connectivity index (χ0n) is 8.79. The van der Waals surface area contributed by atoms with Crippen LogP contribution in [-0.2, 0) is 9.53 Å². The summed E-state index contributed by atoms with van der Waals surface area (Å²) in [5.41, 5.74) is 5.97. The predicted octanol–water partition coefficient (Wildman–Crippen LogP) is 0.409. The molecule has 2 atom stereocenters. The highest BCUT2D eigenvalue weighted by Crippen LogP contribution is 2.16. The monoisotopic (exact) mass is 200 g/mol. The van der Waals surface area contributed by atoms with Gasteiger partial charge in [-0.2, -0.15) is 0 Å². The van der Waals surface area contributed by atoms with Crippen molar-refractivity contribution in [3.8, 4) is 0 Å². The number of amides is 1. The zero-order chi connectivity index (χ0) is 10.4. The van der Waals surface area contributed by atoms with Crippen molar-refractivity contribution in [1.29, 1.82) is 0 Å². The van der Waals surface area contributed by atoms with E-state index in [1.54, 1.807) is 0 Å². The maximum atomic E-state index is 11.3. The highest BCUT2D eigenvalue weighted by molar-refractivity contribution is 5.77. The standard InChI is InChI=1S/C10H20N2O2/c1-14-7-10(13)12-9-6-4-2-3-5-8(9)11/h8-9H,2-7,11H2,1H3,(H,12,13). The second-order valence-electron chi connectivity index (χ2n) is 3.91. The number of hydrogen-bond acceptors (Lipinski definition) is 3. The molecule has 1 rings (SSSR count). The van der Waals surface area contributed by atoms with Gasteiger partial charge in [-0.1, -0.05) is 19.3 Å². The topological polar surface area (TPSA) is 64.3 Å². The molecular weight excluding hydrogens is 180 g/mol. The summed E-state index contributed by atoms with van der Waals surface area (Å²) in [6, 6.07) is 0.249. The van der Waals surface area contributed by atoms with Crippen LogP contribution < -0.4 is 11.1 Å². The van der Waals surface area contributed by atoms with Crippen molar-refractivity contribution in [2.75, 3.05) is 13.7 Å². The third kappa shape index (κ3) is 3.64. The second-order valence-corrected chi connectivity index (χ2v) is 3.91. The number of nitrogens with two attached hydrogens (primary N) is 1. The summed E-state index contributed by atoms with van der Waals surface area (Å²) in [5.74, 6) is -0.0603. The molecule has 82 valence electrons. The highest BCUT2D eigenvalue weighted by atomic mass is 16.5. The first kappa shape index (κ1) is 11.5. The van der Waals surface area contributed by atoms with Gasteiger partial charge in [0.05, 0.1) is 0 Å². The van der Waals surface area contributed by atoms with E-state index in [2.05, 4.69) is 5.32 Å². The predicted molar refractivity (Wildman–Crippen MR) is 54.9 cm³/mol. The molecule has 1 amide bonds. The molecule has 3 N–H and O–H groups in total. The van der Waals surface area contributed by atoms with E-state index < -0.39 is 0 Å². The van der Waals surface area contributed by atoms with E-state index in [1.807, 2.05) is 0 Å². The van der Waals surface area contributed by atoms with E-state index in [-0.39, 0.29) is 24.6 Å². The Hall–Kier alpha value is -0.610. The Morgan fingerprint density at radius 2 is 2.14 bits per heavy atom. The molecule has 0 saturated heterocycles. The van der Waals surface area contributed by atoms with E-state index in [1.165, 1.54) is 20.0 Å². The molecule has 0 aromatic carbocycles. The van der Waals surface area contributed by atoms with Gasteiger partial charge in [0.15, 0.2) is 0 Å². The molecule has 0 heterocycles. The lowest BCUT2D eigenvalue weighted by Crippen LogP contribution is -2.47. The van der Waals surface area contributed by atoms with Gasteiger partial charge in [-0.3, -0.25) is 4.79 Å². The van der Waals surface area contributed by atoms with Crippen LogP contribution in [0.3, 0.4) is 0 Å². The van der Waals surface area contributed by atoms with Gasteiger partial charge in [0.2, 0.25) is 5.91 Å². The largest absolute Gasteiger partial charge is 0.375 e. The van der Waals surface area contributed by atoms with Crippen molar-refractivity contribution < 1.29 is 9.53 Å². The normalized spacial score (nSPS) is 28.1. The number of carbonyl (C=O) groups is 1. The van der Waals surface area contributed by atoms with E-state index >= 15 is 0 Å². The van der Waals surface area contributed by atoms with Gasteiger partial charge in [-0.25, -0.2) is 0 Å². The van der Waals surface area contributed by atoms with E-state index in [0.717, 1.165) is 19.3 Å². The lowest BCUT2D eigenvalue weighted by atomic mass is 10.0. The molecule has 14 heavy (non-hydrogen) atoms. The molecule has 0 aromatic heterocycles. The number of rotatable bonds is 3. The molecule has 4 nitrogen and oxygen atoms in total. The highest BCUT2D eigenvalue weighted by Gasteiger charge is 2.21. The first-order chi connectivity index (χ1) is 6.74. The van der Waals surface area contributed by atoms with Crippen molar-refractivity contribution in [3.05, 3.63) is 0 Å². The van der Waals surface area contributed by atoms with E-state index in [0.29, 0.717) is 0 Å². The summed E-state index contributed by atoms with van der Waals surface area (Å²) in [4.78, 5) is 11.3. The molecule has 0 aliphatic heterocycles. The molecule has 1 aliphatic rings. The minimum Gasteiger partial charge on any atom is -0.375 e. The Morgan fingerprint density at radius 1 is 1.43 bits per heavy atom. The van der Waals surface area contributed by atoms with E-state index in [4.69, 9.17) is 10.5 Å². The molecule has 0 spiro atoms. The van der Waals surface area contributed by atoms with E-state index in [9.17, 15) is 4.79 Å². The molecule has 1 fully saturated rings. The minimum atomic E-state index is -0.0603. The van der Waals surface area contributed by atoms with Gasteiger partial charge < -0.3 is 15.8 Å². The third-order valence-electron chi connectivity index (χ3n) is 2.69. The second kappa shape index (κ2) is 5.98. The van der Waals surface area contributed by atoms with Crippen LogP contribution in [0.4, 0.5) is 0 Å². The molecule has 1 aliphatic carbocycles. The van der Waals surface area contributed by atoms with Crippen molar-refractivity contribution in [3.63, 3.8) is 0 Å².